The van der Waals surface area contributed by atoms with E-state index in [0.29, 0.717) is 35.6 Å². The van der Waals surface area contributed by atoms with Crippen LogP contribution in [0, 0.1) is 6.92 Å². The van der Waals surface area contributed by atoms with Gasteiger partial charge >= 0.3 is 0 Å². The van der Waals surface area contributed by atoms with E-state index in [9.17, 15) is 15.0 Å². The van der Waals surface area contributed by atoms with Crippen molar-refractivity contribution in [3.63, 3.8) is 0 Å². The molecule has 1 fully saturated rings. The van der Waals surface area contributed by atoms with E-state index in [2.05, 4.69) is 10.6 Å². The number of aromatic hydroxyl groups is 2. The monoisotopic (exact) mass is 340 g/mol. The van der Waals surface area contributed by atoms with Gasteiger partial charge in [-0.05, 0) is 24.6 Å². The smallest absolute Gasteiger partial charge is 0.200 e. The van der Waals surface area contributed by atoms with Crippen LogP contribution in [0.3, 0.4) is 0 Å². The number of methoxy groups -OCH3 is 1. The van der Waals surface area contributed by atoms with Crippen molar-refractivity contribution in [2.24, 2.45) is 0 Å². The minimum atomic E-state index is -0.356. The molecule has 130 valence electrons. The summed E-state index contributed by atoms with van der Waals surface area (Å²) in [6, 6.07) is 10.2. The van der Waals surface area contributed by atoms with Gasteiger partial charge in [-0.2, -0.15) is 0 Å². The van der Waals surface area contributed by atoms with Crippen molar-refractivity contribution in [1.82, 2.24) is 10.6 Å². The Morgan fingerprint density at radius 3 is 2.28 bits per heavy atom. The third-order valence-electron chi connectivity index (χ3n) is 4.08. The molecule has 0 aliphatic carbocycles. The Bertz CT molecular complexity index is 833. The molecule has 25 heavy (non-hydrogen) atoms. The van der Waals surface area contributed by atoms with Crippen LogP contribution in [-0.2, 0) is 0 Å². The van der Waals surface area contributed by atoms with Crippen molar-refractivity contribution < 1.29 is 19.7 Å². The van der Waals surface area contributed by atoms with Crippen LogP contribution >= 0.6 is 0 Å². The van der Waals surface area contributed by atoms with Crippen molar-refractivity contribution in [1.29, 1.82) is 0 Å². The van der Waals surface area contributed by atoms with Crippen LogP contribution in [-0.4, -0.2) is 36.2 Å². The molecule has 0 bridgehead atoms. The van der Waals surface area contributed by atoms with Crippen molar-refractivity contribution in [3.05, 3.63) is 58.9 Å². The number of ether oxygens (including phenoxy) is 1. The molecular weight excluding hydrogens is 320 g/mol. The molecule has 3 rings (SSSR count). The highest BCUT2D eigenvalue weighted by molar-refractivity contribution is 6.29. The quantitative estimate of drug-likeness (QED) is 0.387. The molecule has 6 nitrogen and oxygen atoms in total. The number of aryl methyl sites for hydroxylation is 1. The predicted octanol–water partition coefficient (Wildman–Crippen LogP) is 2.16. The molecule has 1 heterocycles. The summed E-state index contributed by atoms with van der Waals surface area (Å²) in [4.78, 5) is 13.1. The highest BCUT2D eigenvalue weighted by atomic mass is 16.5. The summed E-state index contributed by atoms with van der Waals surface area (Å²) in [5, 5.41) is 26.1. The Kier molecular flexibility index (Phi) is 4.52. The van der Waals surface area contributed by atoms with Crippen LogP contribution in [0.2, 0.25) is 0 Å². The first-order valence-electron chi connectivity index (χ1n) is 7.95. The highest BCUT2D eigenvalue weighted by Crippen LogP contribution is 2.39. The van der Waals surface area contributed by atoms with Gasteiger partial charge in [0.2, 0.25) is 5.75 Å². The van der Waals surface area contributed by atoms with Crippen LogP contribution in [0.1, 0.15) is 21.5 Å². The first-order valence-corrected chi connectivity index (χ1v) is 7.95. The lowest BCUT2D eigenvalue weighted by molar-refractivity contribution is 0.105. The van der Waals surface area contributed by atoms with Gasteiger partial charge in [-0.1, -0.05) is 29.8 Å². The Hall–Kier alpha value is -3.15. The van der Waals surface area contributed by atoms with Crippen LogP contribution in [0.4, 0.5) is 0 Å². The highest BCUT2D eigenvalue weighted by Gasteiger charge is 2.24. The Morgan fingerprint density at radius 1 is 1.04 bits per heavy atom. The molecule has 0 radical (unpaired) electrons. The second-order valence-electron chi connectivity index (χ2n) is 5.84. The van der Waals surface area contributed by atoms with E-state index in [4.69, 9.17) is 4.74 Å². The lowest BCUT2D eigenvalue weighted by Gasteiger charge is -2.14. The SMILES string of the molecule is COc1cc(C(C(=O)c2ccc(C)cc2)=C2NCCN2)cc(O)c1O. The summed E-state index contributed by atoms with van der Waals surface area (Å²) in [6.07, 6.45) is 0. The molecule has 1 saturated heterocycles. The van der Waals surface area contributed by atoms with E-state index in [1.165, 1.54) is 19.2 Å². The molecule has 0 aromatic heterocycles. The molecule has 0 amide bonds. The predicted molar refractivity (Wildman–Crippen MR) is 94.8 cm³/mol. The second-order valence-corrected chi connectivity index (χ2v) is 5.84. The number of hydrogen-bond acceptors (Lipinski definition) is 6. The summed E-state index contributed by atoms with van der Waals surface area (Å²) >= 11 is 0. The topological polar surface area (TPSA) is 90.8 Å². The summed E-state index contributed by atoms with van der Waals surface area (Å²) < 4.78 is 5.10. The number of benzene rings is 2. The molecule has 0 atom stereocenters. The number of allylic oxidation sites excluding steroid dienone is 1. The maximum Gasteiger partial charge on any atom is 0.200 e. The van der Waals surface area contributed by atoms with Crippen molar-refractivity contribution in [2.45, 2.75) is 6.92 Å². The maximum atomic E-state index is 13.1. The molecule has 2 aromatic carbocycles. The summed E-state index contributed by atoms with van der Waals surface area (Å²) in [6.45, 7) is 3.35. The number of phenols is 2. The fraction of sp³-hybridized carbons (Fsp3) is 0.211. The number of hydrogen-bond donors (Lipinski definition) is 4. The minimum absolute atomic E-state index is 0.0998. The van der Waals surface area contributed by atoms with Crippen molar-refractivity contribution in [2.75, 3.05) is 20.2 Å². The number of carbonyl (C=O) groups is 1. The first-order chi connectivity index (χ1) is 12.0. The minimum Gasteiger partial charge on any atom is -0.504 e. The Labute approximate surface area is 145 Å². The molecule has 0 saturated carbocycles. The number of Topliss-reactive ketones (excluding diaryl/α,β-unsaturated/α-hetero) is 1. The fourth-order valence-corrected chi connectivity index (χ4v) is 2.75. The Morgan fingerprint density at radius 2 is 1.68 bits per heavy atom. The third kappa shape index (κ3) is 3.24. The first kappa shape index (κ1) is 16.7. The van der Waals surface area contributed by atoms with Gasteiger partial charge < -0.3 is 25.6 Å². The van der Waals surface area contributed by atoms with Crippen LogP contribution in [0.15, 0.2) is 42.2 Å². The van der Waals surface area contributed by atoms with E-state index in [1.54, 1.807) is 12.1 Å². The van der Waals surface area contributed by atoms with Gasteiger partial charge in [-0.15, -0.1) is 0 Å². The van der Waals surface area contributed by atoms with Crippen LogP contribution in [0.5, 0.6) is 17.2 Å². The standard InChI is InChI=1S/C19H20N2O4/c1-11-3-5-12(6-4-11)17(23)16(19-20-7-8-21-19)13-9-14(22)18(24)15(10-13)25-2/h3-6,9-10,20-22,24H,7-8H2,1-2H3. The molecule has 4 N–H and O–H groups in total. The molecule has 2 aromatic rings. The average Bonchev–Trinajstić information content (AvgIpc) is 3.12. The maximum absolute atomic E-state index is 13.1. The van der Waals surface area contributed by atoms with Gasteiger partial charge in [-0.3, -0.25) is 4.79 Å². The molecule has 0 spiro atoms. The Balaban J connectivity index is 2.14. The van der Waals surface area contributed by atoms with Crippen LogP contribution in [0.25, 0.3) is 5.57 Å². The van der Waals surface area contributed by atoms with Crippen LogP contribution < -0.4 is 15.4 Å². The second kappa shape index (κ2) is 6.76. The lowest BCUT2D eigenvalue weighted by atomic mass is 9.95. The third-order valence-corrected chi connectivity index (χ3v) is 4.08. The van der Waals surface area contributed by atoms with E-state index >= 15 is 0 Å². The zero-order valence-electron chi connectivity index (χ0n) is 14.1. The van der Waals surface area contributed by atoms with Gasteiger partial charge in [0.25, 0.3) is 0 Å². The number of rotatable bonds is 4. The zero-order valence-corrected chi connectivity index (χ0v) is 14.1. The van der Waals surface area contributed by atoms with E-state index in [1.807, 2.05) is 19.1 Å². The molecule has 1 aliphatic rings. The summed E-state index contributed by atoms with van der Waals surface area (Å²) in [5.74, 6) is -0.197. The van der Waals surface area contributed by atoms with E-state index in [-0.39, 0.29) is 23.0 Å². The zero-order chi connectivity index (χ0) is 18.0. The van der Waals surface area contributed by atoms with Gasteiger partial charge in [-0.25, -0.2) is 0 Å². The van der Waals surface area contributed by atoms with Gasteiger partial charge in [0.1, 0.15) is 5.82 Å². The largest absolute Gasteiger partial charge is 0.504 e. The van der Waals surface area contributed by atoms with Gasteiger partial charge in [0.05, 0.1) is 12.7 Å². The summed E-state index contributed by atoms with van der Waals surface area (Å²) in [5.41, 5.74) is 2.44. The number of nitrogens with one attached hydrogen (secondary N) is 2. The van der Waals surface area contributed by atoms with Gasteiger partial charge in [0.15, 0.2) is 17.3 Å². The fourth-order valence-electron chi connectivity index (χ4n) is 2.75. The average molecular weight is 340 g/mol. The van der Waals surface area contributed by atoms with Crippen molar-refractivity contribution >= 4 is 11.4 Å². The molecular formula is C19H20N2O4. The molecule has 1 aliphatic heterocycles. The number of carbonyl (C=O) groups excluding carboxylic acids is 1. The van der Waals surface area contributed by atoms with E-state index < -0.39 is 0 Å². The van der Waals surface area contributed by atoms with E-state index in [0.717, 1.165) is 5.56 Å². The van der Waals surface area contributed by atoms with Gasteiger partial charge in [0, 0.05) is 18.7 Å². The lowest BCUT2D eigenvalue weighted by Crippen LogP contribution is -2.18. The van der Waals surface area contributed by atoms with Crippen molar-refractivity contribution in [3.8, 4) is 17.2 Å². The normalized spacial score (nSPS) is 13.1. The molecule has 0 unspecified atom stereocenters. The number of ketones is 1. The summed E-state index contributed by atoms with van der Waals surface area (Å²) in [7, 11) is 1.39. The number of phenolic OH excluding ortho intramolecular Hbond substituents is 2. The molecule has 6 heteroatoms.